The van der Waals surface area contributed by atoms with Crippen LogP contribution in [-0.2, 0) is 38.2 Å². The predicted molar refractivity (Wildman–Crippen MR) is 199 cm³/mol. The Hall–Kier alpha value is -4.18. The van der Waals surface area contributed by atoms with Crippen molar-refractivity contribution in [1.82, 2.24) is 4.90 Å². The maximum Gasteiger partial charge on any atom is 0.307 e. The zero-order valence-corrected chi connectivity index (χ0v) is 32.6. The van der Waals surface area contributed by atoms with Gasteiger partial charge in [-0.15, -0.1) is 0 Å². The number of ether oxygens (including phenoxy) is 2. The Morgan fingerprint density at radius 2 is 1.27 bits per heavy atom. The minimum absolute atomic E-state index is 0.0568. The summed E-state index contributed by atoms with van der Waals surface area (Å²) in [7, 11) is 0. The Morgan fingerprint density at radius 3 is 1.78 bits per heavy atom. The first kappa shape index (κ1) is 48.8. The van der Waals surface area contributed by atoms with Gasteiger partial charge in [-0.1, -0.05) is 65.4 Å². The summed E-state index contributed by atoms with van der Waals surface area (Å²) < 4.78 is 11.5. The lowest BCUT2D eigenvalue weighted by molar-refractivity contribution is -0.177. The van der Waals surface area contributed by atoms with Crippen LogP contribution >= 0.6 is 0 Å². The normalized spacial score (nSPS) is 17.7. The van der Waals surface area contributed by atoms with Crippen LogP contribution in [0.2, 0.25) is 0 Å². The quantitative estimate of drug-likeness (QED) is 0.0377. The number of unbranched alkanes of at least 4 members (excludes halogenated alkanes) is 4. The van der Waals surface area contributed by atoms with E-state index in [-0.39, 0.29) is 30.6 Å². The highest BCUT2D eigenvalue weighted by atomic mass is 16.6. The van der Waals surface area contributed by atoms with Gasteiger partial charge in [-0.05, 0) is 56.9 Å². The summed E-state index contributed by atoms with van der Waals surface area (Å²) >= 11 is 0. The molecular formula is C39H63NO15. The summed E-state index contributed by atoms with van der Waals surface area (Å²) in [6.45, 7) is 7.99. The summed E-state index contributed by atoms with van der Waals surface area (Å²) in [6, 6.07) is -0.168. The lowest BCUT2D eigenvalue weighted by Gasteiger charge is -2.33. The minimum atomic E-state index is -1.58. The topological polar surface area (TPSA) is 266 Å². The van der Waals surface area contributed by atoms with Crippen molar-refractivity contribution in [3.63, 3.8) is 0 Å². The van der Waals surface area contributed by atoms with Crippen LogP contribution in [0.4, 0.5) is 0 Å². The van der Waals surface area contributed by atoms with E-state index in [4.69, 9.17) is 19.7 Å². The Labute approximate surface area is 323 Å². The maximum atomic E-state index is 13.1. The van der Waals surface area contributed by atoms with Crippen molar-refractivity contribution in [3.05, 3.63) is 24.1 Å². The van der Waals surface area contributed by atoms with Crippen LogP contribution in [0, 0.1) is 23.7 Å². The summed E-state index contributed by atoms with van der Waals surface area (Å²) in [6.07, 6.45) is 4.71. The fourth-order valence-corrected chi connectivity index (χ4v) is 6.70. The molecule has 0 bridgehead atoms. The first-order chi connectivity index (χ1) is 25.8. The van der Waals surface area contributed by atoms with E-state index in [2.05, 4.69) is 0 Å². The van der Waals surface area contributed by atoms with Crippen LogP contribution in [0.1, 0.15) is 124 Å². The van der Waals surface area contributed by atoms with Gasteiger partial charge in [0.05, 0.1) is 55.8 Å². The number of allylic oxidation sites excluding steroid dienone is 1. The van der Waals surface area contributed by atoms with Gasteiger partial charge in [0, 0.05) is 12.7 Å². The smallest absolute Gasteiger partial charge is 0.307 e. The molecule has 16 nitrogen and oxygen atoms in total. The Bertz CT molecular complexity index is 1300. The van der Waals surface area contributed by atoms with Gasteiger partial charge < -0.3 is 50.1 Å². The van der Waals surface area contributed by atoms with Crippen molar-refractivity contribution >= 4 is 35.8 Å². The molecule has 9 atom stereocenters. The number of carboxylic acid groups (broad SMARTS) is 4. The molecule has 0 amide bonds. The van der Waals surface area contributed by atoms with Crippen LogP contribution in [0.5, 0.6) is 0 Å². The fourth-order valence-electron chi connectivity index (χ4n) is 6.70. The lowest BCUT2D eigenvalue weighted by Crippen LogP contribution is -2.42. The first-order valence-corrected chi connectivity index (χ1v) is 19.3. The number of aliphatic carboxylic acids is 4. The molecule has 1 rings (SSSR count). The number of carbonyl (C=O) groups excluding carboxylic acids is 2. The number of aliphatic hydroxyl groups is 3. The van der Waals surface area contributed by atoms with E-state index in [0.717, 1.165) is 25.7 Å². The molecule has 0 unspecified atom stereocenters. The molecular weight excluding hydrogens is 722 g/mol. The van der Waals surface area contributed by atoms with Crippen LogP contribution < -0.4 is 0 Å². The maximum absolute atomic E-state index is 13.1. The molecule has 0 aliphatic carbocycles. The van der Waals surface area contributed by atoms with Gasteiger partial charge >= 0.3 is 35.8 Å². The van der Waals surface area contributed by atoms with Gasteiger partial charge in [0.25, 0.3) is 0 Å². The third-order valence-corrected chi connectivity index (χ3v) is 9.94. The van der Waals surface area contributed by atoms with Crippen LogP contribution in [-0.4, -0.2) is 113 Å². The number of nitrogens with zero attached hydrogens (tertiary/aromatic N) is 1. The molecule has 0 spiro atoms. The second-order valence-electron chi connectivity index (χ2n) is 15.0. The van der Waals surface area contributed by atoms with Crippen molar-refractivity contribution < 1.29 is 74.0 Å². The van der Waals surface area contributed by atoms with Crippen LogP contribution in [0.3, 0.4) is 0 Å². The van der Waals surface area contributed by atoms with Gasteiger partial charge in [-0.2, -0.15) is 0 Å². The Balaban J connectivity index is 2.99. The molecule has 0 saturated heterocycles. The average Bonchev–Trinajstić information content (AvgIpc) is 3.09. The number of carbonyl (C=O) groups is 6. The van der Waals surface area contributed by atoms with E-state index in [0.29, 0.717) is 38.6 Å². The Kier molecular flexibility index (Phi) is 22.9. The van der Waals surface area contributed by atoms with Crippen molar-refractivity contribution in [1.29, 1.82) is 0 Å². The number of hydrogen-bond donors (Lipinski definition) is 7. The molecule has 1 aliphatic rings. The number of esters is 2. The second-order valence-corrected chi connectivity index (χ2v) is 15.0. The molecule has 0 radical (unpaired) electrons. The molecule has 7 N–H and O–H groups in total. The summed E-state index contributed by atoms with van der Waals surface area (Å²) in [4.78, 5) is 73.9. The SMILES string of the molecule is CCCC[C@@H](C)[C@@H](OC(=O)C[C@@H](CC(=O)O)C(=O)O)[C@@H](C[C@H](C)C[C@@H](O)CCCCCC[C@@H](O)[C@H](C)N1C=C(O)C=CC1)OC(=O)C[C@H](CC(=O)O)C(=O)O. The lowest BCUT2D eigenvalue weighted by atomic mass is 9.87. The molecule has 0 aromatic heterocycles. The van der Waals surface area contributed by atoms with Crippen LogP contribution in [0.15, 0.2) is 24.1 Å². The van der Waals surface area contributed by atoms with Gasteiger partial charge in [-0.3, -0.25) is 28.8 Å². The highest BCUT2D eigenvalue weighted by molar-refractivity contribution is 5.83. The van der Waals surface area contributed by atoms with Gasteiger partial charge in [0.1, 0.15) is 18.0 Å². The fraction of sp³-hybridized carbons (Fsp3) is 0.744. The van der Waals surface area contributed by atoms with Crippen LogP contribution in [0.25, 0.3) is 0 Å². The molecule has 0 aromatic rings. The van der Waals surface area contributed by atoms with Gasteiger partial charge in [0.2, 0.25) is 0 Å². The second kappa shape index (κ2) is 25.8. The van der Waals surface area contributed by atoms with E-state index >= 15 is 0 Å². The summed E-state index contributed by atoms with van der Waals surface area (Å²) in [5.74, 6) is -11.7. The zero-order chi connectivity index (χ0) is 41.7. The standard InChI is InChI=1S/C39H63NO15/c1-5-6-12-25(3)37(55-36(49)22-28(39(52)53)20-34(46)47)32(54-35(48)21-27(38(50)51)19-33(44)45)18-24(2)17-29(41)13-9-7-8-10-15-31(43)26(4)40-16-11-14-30(42)23-40/h11,14,23-29,31-32,37,41-43H,5-10,12-13,15-22H2,1-4H3,(H,44,45)(H,46,47)(H,50,51)(H,52,53)/t24-,25-,26+,27+,28-,29+,31-,32-,37-/m1/s1. The molecule has 0 saturated carbocycles. The highest BCUT2D eigenvalue weighted by Crippen LogP contribution is 2.29. The third-order valence-electron chi connectivity index (χ3n) is 9.94. The first-order valence-electron chi connectivity index (χ1n) is 19.3. The number of carboxylic acids is 4. The van der Waals surface area contributed by atoms with Crippen molar-refractivity contribution in [2.24, 2.45) is 23.7 Å². The summed E-state index contributed by atoms with van der Waals surface area (Å²) in [5, 5.41) is 68.5. The molecule has 0 fully saturated rings. The average molecular weight is 786 g/mol. The molecule has 0 aromatic carbocycles. The van der Waals surface area contributed by atoms with Crippen molar-refractivity contribution in [2.75, 3.05) is 6.54 Å². The number of rotatable bonds is 30. The van der Waals surface area contributed by atoms with Gasteiger partial charge in [-0.25, -0.2) is 0 Å². The molecule has 16 heteroatoms. The van der Waals surface area contributed by atoms with E-state index in [1.165, 1.54) is 0 Å². The summed E-state index contributed by atoms with van der Waals surface area (Å²) in [5.41, 5.74) is 0. The molecule has 314 valence electrons. The van der Waals surface area contributed by atoms with Crippen molar-refractivity contribution in [3.8, 4) is 0 Å². The predicted octanol–water partition coefficient (Wildman–Crippen LogP) is 4.91. The minimum Gasteiger partial charge on any atom is -0.506 e. The van der Waals surface area contributed by atoms with Crippen molar-refractivity contribution in [2.45, 2.75) is 154 Å². The molecule has 1 aliphatic heterocycles. The number of hydrogen-bond acceptors (Lipinski definition) is 12. The largest absolute Gasteiger partial charge is 0.506 e. The number of aliphatic hydroxyl groups excluding tert-OH is 3. The Morgan fingerprint density at radius 1 is 0.727 bits per heavy atom. The molecule has 1 heterocycles. The van der Waals surface area contributed by atoms with E-state index < -0.39 is 104 Å². The monoisotopic (exact) mass is 785 g/mol. The van der Waals surface area contributed by atoms with E-state index in [1.807, 2.05) is 24.8 Å². The zero-order valence-electron chi connectivity index (χ0n) is 32.6. The molecule has 55 heavy (non-hydrogen) atoms. The van der Waals surface area contributed by atoms with E-state index in [1.54, 1.807) is 26.1 Å². The van der Waals surface area contributed by atoms with E-state index in [9.17, 15) is 54.3 Å². The third kappa shape index (κ3) is 20.4. The highest BCUT2D eigenvalue weighted by Gasteiger charge is 2.37. The van der Waals surface area contributed by atoms with Gasteiger partial charge in [0.15, 0.2) is 0 Å².